The van der Waals surface area contributed by atoms with Crippen LogP contribution in [0.4, 0.5) is 40.6 Å². The number of hydrogen-bond donors (Lipinski definition) is 11. The van der Waals surface area contributed by atoms with Crippen molar-refractivity contribution in [3.05, 3.63) is 257 Å². The second-order valence-corrected chi connectivity index (χ2v) is 30.3. The third-order valence-electron chi connectivity index (χ3n) is 21.9. The van der Waals surface area contributed by atoms with Crippen LogP contribution in [-0.4, -0.2) is 240 Å². The molecule has 12 unspecified atom stereocenters. The molecule has 132 heavy (non-hydrogen) atoms. The second-order valence-electron chi connectivity index (χ2n) is 30.3. The third kappa shape index (κ3) is 19.4. The Morgan fingerprint density at radius 3 is 1.20 bits per heavy atom. The lowest BCUT2D eigenvalue weighted by molar-refractivity contribution is -0.153. The van der Waals surface area contributed by atoms with E-state index in [1.54, 1.807) is 72.1 Å². The molecule has 18 rings (SSSR count). The molecule has 9 amide bonds. The van der Waals surface area contributed by atoms with Crippen LogP contribution in [0.1, 0.15) is 126 Å². The molecule has 6 aromatic carbocycles. The molecular formula is C88H85F2N21O21. The van der Waals surface area contributed by atoms with Crippen molar-refractivity contribution in [1.29, 1.82) is 0 Å². The van der Waals surface area contributed by atoms with E-state index in [0.29, 0.717) is 58.7 Å². The quantitative estimate of drug-likeness (QED) is 0.0243. The number of carbonyl (C=O) groups is 9. The summed E-state index contributed by atoms with van der Waals surface area (Å²) in [6, 6.07) is 40.2. The SMILES string of the molecule is CCNC(=O)Nc1ncnc2c1ncn2C1OC(CN(C)C(=O)Cc2ccccc2C(=O)O)C2O[C@H](c3ccccc3)OC21.CCNC(=O)Nc1ncnc2c1ncn2C1OC(CNC(=O)c2c(F)cccc2C(=O)O)C2O[C@H](/C=C/c3ccccc3)OC21.CCNC(=O)Nc1ncnc2c1ncn2C1OC(CNC(=O)c2c(F)cccc2C(=O)O)C2O[C@H](c3ccccc3)OC21. The average molecular weight is 1810 g/mol. The molecule has 6 saturated heterocycles. The molecule has 0 aliphatic carbocycles. The summed E-state index contributed by atoms with van der Waals surface area (Å²) in [6.45, 7) is 6.49. The minimum atomic E-state index is -1.44. The van der Waals surface area contributed by atoms with Crippen LogP contribution < -0.4 is 42.5 Å². The standard InChI is InChI=1S/C30H28FN7O7.C30H31N7O7.C28H26FN7O7/c1-2-32-30(42)37-25-22-26(35-14-34-25)38(15-36-22)28-24-23(44-20(45-24)12-11-16-7-4-3-5-8-16)19(43-28)13-33-27(39)21-17(29(40)41)9-6-10-18(21)31;1-3-31-30(41)35-25-22-26(33-15-32-25)37(16-34-22)27-24-23(43-29(44-24)17-9-5-4-6-10-17)20(42-27)14-36(2)21(38)13-18-11-7-8-12-19(18)28(39)40;1-2-30-28(40)35-22-19-23(33-12-32-22)36(13-34-19)25-21-20(42-27(43-21)14-7-4-3-5-8-14)17(41-25)11-31-24(37)18-15(26(38)39)9-6-10-16(18)29/h3-12,14-15,19-20,23-24,28H,2,13H2,1H3,(H,33,39)(H,40,41)(H2,32,34,35,37,42);4-12,15-16,20,23-24,27,29H,3,13-14H2,1-2H3,(H,39,40)(H2,31,32,33,35,41);3-10,12-13,17,20-21,25,27H,2,11H2,1H3,(H,31,37)(H,38,39)(H2,30,32,33,35,40)/b12-11+;;/t19?,20-,23?,24?,28?;20?,23?,24?,27?,29-;17?,20?,21?,25?,27-/m000/s1. The van der Waals surface area contributed by atoms with Crippen molar-refractivity contribution < 1.29 is 110 Å². The highest BCUT2D eigenvalue weighted by atomic mass is 19.1. The highest BCUT2D eigenvalue weighted by Crippen LogP contribution is 2.48. The third-order valence-corrected chi connectivity index (χ3v) is 21.9. The molecule has 12 heterocycles. The lowest BCUT2D eigenvalue weighted by Gasteiger charge is -2.25. The highest BCUT2D eigenvalue weighted by Gasteiger charge is 2.57. The number of nitrogens with one attached hydrogen (secondary N) is 8. The molecule has 682 valence electrons. The van der Waals surface area contributed by atoms with E-state index in [-0.39, 0.29) is 55.0 Å². The Labute approximate surface area is 746 Å². The lowest BCUT2D eigenvalue weighted by atomic mass is 10.0. The zero-order valence-electron chi connectivity index (χ0n) is 70.4. The van der Waals surface area contributed by atoms with Gasteiger partial charge in [-0.05, 0) is 68.3 Å². The van der Waals surface area contributed by atoms with Crippen LogP contribution in [0.3, 0.4) is 0 Å². The van der Waals surface area contributed by atoms with E-state index >= 15 is 0 Å². The topological polar surface area (TPSA) is 528 Å². The van der Waals surface area contributed by atoms with Crippen molar-refractivity contribution in [2.45, 2.75) is 120 Å². The predicted molar refractivity (Wildman–Crippen MR) is 459 cm³/mol. The molecule has 6 aliphatic rings. The predicted octanol–water partition coefficient (Wildman–Crippen LogP) is 8.32. The number of halogens is 2. The fourth-order valence-corrected chi connectivity index (χ4v) is 15.9. The Morgan fingerprint density at radius 2 is 0.773 bits per heavy atom. The smallest absolute Gasteiger partial charge is 0.336 e. The highest BCUT2D eigenvalue weighted by molar-refractivity contribution is 6.06. The van der Waals surface area contributed by atoms with Gasteiger partial charge in [-0.1, -0.05) is 127 Å². The van der Waals surface area contributed by atoms with Gasteiger partial charge in [-0.2, -0.15) is 0 Å². The van der Waals surface area contributed by atoms with Gasteiger partial charge in [0.2, 0.25) is 5.91 Å². The number of aromatic carboxylic acids is 3. The first-order valence-corrected chi connectivity index (χ1v) is 41.6. The van der Waals surface area contributed by atoms with Gasteiger partial charge >= 0.3 is 36.0 Å². The monoisotopic (exact) mass is 1810 g/mol. The van der Waals surface area contributed by atoms with Crippen LogP contribution >= 0.6 is 0 Å². The minimum absolute atomic E-state index is 0.0831. The summed E-state index contributed by atoms with van der Waals surface area (Å²) in [6.07, 6.45) is 1.18. The number of nitrogens with zero attached hydrogens (tertiary/aromatic N) is 13. The first-order chi connectivity index (χ1) is 64.0. The van der Waals surface area contributed by atoms with Gasteiger partial charge in [-0.25, -0.2) is 82.4 Å². The Balaban J connectivity index is 0.000000144. The number of carboxylic acid groups (broad SMARTS) is 3. The maximum atomic E-state index is 14.5. The van der Waals surface area contributed by atoms with Gasteiger partial charge in [-0.15, -0.1) is 0 Å². The summed E-state index contributed by atoms with van der Waals surface area (Å²) >= 11 is 0. The maximum absolute atomic E-state index is 14.5. The number of rotatable bonds is 26. The first-order valence-electron chi connectivity index (χ1n) is 41.6. The van der Waals surface area contributed by atoms with Crippen LogP contribution in [0.25, 0.3) is 39.6 Å². The molecule has 0 radical (unpaired) electrons. The van der Waals surface area contributed by atoms with E-state index in [2.05, 4.69) is 87.4 Å². The zero-order chi connectivity index (χ0) is 92.4. The van der Waals surface area contributed by atoms with Crippen molar-refractivity contribution in [3.8, 4) is 0 Å². The number of hydrogen-bond acceptors (Lipinski definition) is 27. The Hall–Kier alpha value is -15.2. The second kappa shape index (κ2) is 40.2. The number of aromatic nitrogens is 12. The first kappa shape index (κ1) is 90.2. The number of benzene rings is 6. The lowest BCUT2D eigenvalue weighted by Crippen LogP contribution is -2.41. The number of fused-ring (bicyclic) bond motifs is 6. The molecular weight excluding hydrogens is 1730 g/mol. The number of urea groups is 3. The van der Waals surface area contributed by atoms with Gasteiger partial charge < -0.3 is 89.4 Å². The number of imidazole rings is 3. The number of likely N-dealkylation sites (N-methyl/N-ethyl adjacent to an activating group) is 1. The molecule has 42 nitrogen and oxygen atoms in total. The van der Waals surface area contributed by atoms with Crippen molar-refractivity contribution in [1.82, 2.24) is 90.0 Å². The largest absolute Gasteiger partial charge is 0.478 e. The van der Waals surface area contributed by atoms with E-state index in [1.807, 2.05) is 97.1 Å². The van der Waals surface area contributed by atoms with Crippen molar-refractivity contribution in [2.24, 2.45) is 0 Å². The van der Waals surface area contributed by atoms with E-state index in [4.69, 9.17) is 42.6 Å². The molecule has 6 aromatic heterocycles. The summed E-state index contributed by atoms with van der Waals surface area (Å²) in [4.78, 5) is 151. The minimum Gasteiger partial charge on any atom is -0.478 e. The maximum Gasteiger partial charge on any atom is 0.336 e. The van der Waals surface area contributed by atoms with Crippen molar-refractivity contribution >= 4 is 111 Å². The Kier molecular flexibility index (Phi) is 27.5. The zero-order valence-corrected chi connectivity index (χ0v) is 70.4. The number of amides is 9. The van der Waals surface area contributed by atoms with Gasteiger partial charge in [0.15, 0.2) is 88.5 Å². The summed E-state index contributed by atoms with van der Waals surface area (Å²) < 4.78 is 90.9. The Morgan fingerprint density at radius 1 is 0.409 bits per heavy atom. The number of ether oxygens (including phenoxy) is 9. The molecule has 0 bridgehead atoms. The fraction of sp³-hybridized carbons (Fsp3) is 0.295. The number of anilines is 3. The molecule has 44 heteroatoms. The van der Waals surface area contributed by atoms with Crippen LogP contribution in [0.2, 0.25) is 0 Å². The van der Waals surface area contributed by atoms with Gasteiger partial charge in [0, 0.05) is 57.4 Å². The number of carbonyl (C=O) groups excluding carboxylic acids is 6. The van der Waals surface area contributed by atoms with Crippen LogP contribution in [-0.2, 0) is 53.8 Å². The molecule has 6 fully saturated rings. The van der Waals surface area contributed by atoms with Gasteiger partial charge in [0.1, 0.15) is 85.6 Å². The van der Waals surface area contributed by atoms with Crippen molar-refractivity contribution in [3.63, 3.8) is 0 Å². The van der Waals surface area contributed by atoms with Crippen LogP contribution in [0.15, 0.2) is 196 Å². The van der Waals surface area contributed by atoms with Crippen LogP contribution in [0.5, 0.6) is 0 Å². The normalized spacial score (nSPS) is 22.5. The van der Waals surface area contributed by atoms with E-state index < -0.39 is 174 Å². The van der Waals surface area contributed by atoms with E-state index in [1.165, 1.54) is 54.7 Å². The van der Waals surface area contributed by atoms with Crippen molar-refractivity contribution in [2.75, 3.05) is 62.3 Å². The summed E-state index contributed by atoms with van der Waals surface area (Å²) in [5, 5.41) is 49.5. The van der Waals surface area contributed by atoms with E-state index in [9.17, 15) is 67.3 Å². The average Bonchev–Trinajstić information content (AvgIpc) is 1.60. The summed E-state index contributed by atoms with van der Waals surface area (Å²) in [5.74, 6) is -7.39. The van der Waals surface area contributed by atoms with Gasteiger partial charge in [0.25, 0.3) is 11.8 Å². The molecule has 15 atom stereocenters. The van der Waals surface area contributed by atoms with Gasteiger partial charge in [0.05, 0.1) is 53.2 Å². The summed E-state index contributed by atoms with van der Waals surface area (Å²) in [7, 11) is 1.64. The van der Waals surface area contributed by atoms with Gasteiger partial charge in [-0.3, -0.25) is 44.0 Å². The molecule has 11 N–H and O–H groups in total. The number of carboxylic acids is 3. The van der Waals surface area contributed by atoms with E-state index in [0.717, 1.165) is 41.0 Å². The molecule has 12 aromatic rings. The molecule has 6 aliphatic heterocycles. The fourth-order valence-electron chi connectivity index (χ4n) is 15.9. The molecule has 0 saturated carbocycles. The summed E-state index contributed by atoms with van der Waals surface area (Å²) in [5.41, 5.74) is 3.01. The van der Waals surface area contributed by atoms with Crippen LogP contribution in [0, 0.1) is 11.6 Å². The molecule has 0 spiro atoms. The Bertz CT molecular complexity index is 6320.